The van der Waals surface area contributed by atoms with Crippen LogP contribution in [0, 0.1) is 0 Å². The van der Waals surface area contributed by atoms with E-state index in [1.54, 1.807) is 0 Å². The summed E-state index contributed by atoms with van der Waals surface area (Å²) in [6.45, 7) is 0. The zero-order valence-corrected chi connectivity index (χ0v) is 26.2. The van der Waals surface area contributed by atoms with Gasteiger partial charge in [-0.05, 0) is 57.3 Å². The topological polar surface area (TPSA) is 38.7 Å². The van der Waals surface area contributed by atoms with Crippen molar-refractivity contribution in [1.29, 1.82) is 0 Å². The summed E-state index contributed by atoms with van der Waals surface area (Å²) in [5, 5.41) is 4.84. The third-order valence-electron chi connectivity index (χ3n) is 8.71. The number of rotatable bonds is 5. The lowest BCUT2D eigenvalue weighted by Gasteiger charge is -2.10. The van der Waals surface area contributed by atoms with E-state index in [9.17, 15) is 0 Å². The van der Waals surface area contributed by atoms with E-state index in [-0.39, 0.29) is 0 Å². The van der Waals surface area contributed by atoms with Crippen LogP contribution in [0.3, 0.4) is 0 Å². The number of benzene rings is 7. The minimum Gasteiger partial charge on any atom is -0.208 e. The Kier molecular flexibility index (Phi) is 6.65. The maximum Gasteiger partial charge on any atom is 0.164 e. The van der Waals surface area contributed by atoms with Crippen LogP contribution in [0.5, 0.6) is 0 Å². The van der Waals surface area contributed by atoms with Crippen molar-refractivity contribution in [2.24, 2.45) is 0 Å². The molecule has 4 heteroatoms. The predicted octanol–water partition coefficient (Wildman–Crippen LogP) is 11.7. The van der Waals surface area contributed by atoms with E-state index in [0.29, 0.717) is 17.5 Å². The van der Waals surface area contributed by atoms with Crippen LogP contribution >= 0.6 is 11.3 Å². The van der Waals surface area contributed by atoms with Gasteiger partial charge in [0.05, 0.1) is 0 Å². The monoisotopic (exact) mass is 617 g/mol. The van der Waals surface area contributed by atoms with E-state index in [4.69, 9.17) is 15.0 Å². The summed E-state index contributed by atoms with van der Waals surface area (Å²) in [5.74, 6) is 1.98. The Hall–Kier alpha value is -5.97. The molecule has 0 amide bonds. The van der Waals surface area contributed by atoms with E-state index < -0.39 is 0 Å². The molecule has 3 nitrogen and oxygen atoms in total. The van der Waals surface area contributed by atoms with Gasteiger partial charge in [-0.1, -0.05) is 140 Å². The first-order chi connectivity index (χ1) is 23.2. The molecule has 47 heavy (non-hydrogen) atoms. The standard InChI is InChI=1S/C43H27N3S/c1-4-10-28(11-5-1)31-16-17-33-25-35(19-18-32(33)24-31)42-44-41(30-14-8-3-9-15-30)45-43(46-42)36-21-23-38-37-22-20-34(29-12-6-2-7-13-29)26-39(37)47-40(38)27-36/h1-27H. The third-order valence-corrected chi connectivity index (χ3v) is 9.83. The minimum absolute atomic E-state index is 0.659. The highest BCUT2D eigenvalue weighted by Crippen LogP contribution is 2.38. The van der Waals surface area contributed by atoms with Gasteiger partial charge in [-0.3, -0.25) is 0 Å². The molecule has 220 valence electrons. The first kappa shape index (κ1) is 27.3. The van der Waals surface area contributed by atoms with Crippen molar-refractivity contribution in [1.82, 2.24) is 15.0 Å². The third kappa shape index (κ3) is 5.15. The summed E-state index contributed by atoms with van der Waals surface area (Å²) < 4.78 is 2.48. The van der Waals surface area contributed by atoms with Gasteiger partial charge in [0.1, 0.15) is 0 Å². The van der Waals surface area contributed by atoms with Crippen molar-refractivity contribution in [3.8, 4) is 56.4 Å². The highest BCUT2D eigenvalue weighted by Gasteiger charge is 2.15. The van der Waals surface area contributed by atoms with Gasteiger partial charge in [0, 0.05) is 36.9 Å². The van der Waals surface area contributed by atoms with E-state index in [1.165, 1.54) is 47.8 Å². The molecule has 2 heterocycles. The van der Waals surface area contributed by atoms with Crippen molar-refractivity contribution >= 4 is 42.3 Å². The molecule has 9 aromatic rings. The van der Waals surface area contributed by atoms with Gasteiger partial charge >= 0.3 is 0 Å². The normalized spacial score (nSPS) is 11.4. The zero-order chi connectivity index (χ0) is 31.2. The molecular weight excluding hydrogens is 591 g/mol. The summed E-state index contributed by atoms with van der Waals surface area (Å²) in [5.41, 5.74) is 7.76. The Morgan fingerprint density at radius 3 is 1.26 bits per heavy atom. The summed E-state index contributed by atoms with van der Waals surface area (Å²) in [6, 6.07) is 57.6. The van der Waals surface area contributed by atoms with E-state index in [1.807, 2.05) is 47.7 Å². The van der Waals surface area contributed by atoms with Gasteiger partial charge in [0.25, 0.3) is 0 Å². The highest BCUT2D eigenvalue weighted by molar-refractivity contribution is 7.25. The number of aromatic nitrogens is 3. The van der Waals surface area contributed by atoms with Crippen molar-refractivity contribution < 1.29 is 0 Å². The second kappa shape index (κ2) is 11.4. The molecule has 0 radical (unpaired) electrons. The van der Waals surface area contributed by atoms with Crippen LogP contribution in [0.4, 0.5) is 0 Å². The van der Waals surface area contributed by atoms with Crippen molar-refractivity contribution in [2.75, 3.05) is 0 Å². The fraction of sp³-hybridized carbons (Fsp3) is 0. The van der Waals surface area contributed by atoms with Gasteiger partial charge in [-0.15, -0.1) is 11.3 Å². The van der Waals surface area contributed by atoms with Crippen LogP contribution in [-0.4, -0.2) is 15.0 Å². The summed E-state index contributed by atoms with van der Waals surface area (Å²) >= 11 is 1.81. The highest BCUT2D eigenvalue weighted by atomic mass is 32.1. The largest absolute Gasteiger partial charge is 0.208 e. The van der Waals surface area contributed by atoms with E-state index in [2.05, 4.69) is 127 Å². The summed E-state index contributed by atoms with van der Waals surface area (Å²) in [7, 11) is 0. The lowest BCUT2D eigenvalue weighted by Crippen LogP contribution is -2.00. The van der Waals surface area contributed by atoms with Crippen molar-refractivity contribution in [3.63, 3.8) is 0 Å². The van der Waals surface area contributed by atoms with Crippen LogP contribution in [0.15, 0.2) is 164 Å². The Labute approximate surface area is 276 Å². The lowest BCUT2D eigenvalue weighted by atomic mass is 10.00. The first-order valence-electron chi connectivity index (χ1n) is 15.7. The quantitative estimate of drug-likeness (QED) is 0.193. The Morgan fingerprint density at radius 1 is 0.298 bits per heavy atom. The van der Waals surface area contributed by atoms with Crippen molar-refractivity contribution in [2.45, 2.75) is 0 Å². The van der Waals surface area contributed by atoms with Gasteiger partial charge in [0.2, 0.25) is 0 Å². The predicted molar refractivity (Wildman–Crippen MR) is 197 cm³/mol. The number of nitrogens with zero attached hydrogens (tertiary/aromatic N) is 3. The molecule has 7 aromatic carbocycles. The molecule has 0 aliphatic rings. The summed E-state index contributed by atoms with van der Waals surface area (Å²) in [6.07, 6.45) is 0. The van der Waals surface area contributed by atoms with Crippen LogP contribution in [0.1, 0.15) is 0 Å². The average Bonchev–Trinajstić information content (AvgIpc) is 3.52. The smallest absolute Gasteiger partial charge is 0.164 e. The number of hydrogen-bond donors (Lipinski definition) is 0. The molecule has 0 N–H and O–H groups in total. The molecule has 0 bridgehead atoms. The van der Waals surface area contributed by atoms with Crippen LogP contribution in [0.2, 0.25) is 0 Å². The fourth-order valence-electron chi connectivity index (χ4n) is 6.27. The second-order valence-electron chi connectivity index (χ2n) is 11.7. The zero-order valence-electron chi connectivity index (χ0n) is 25.3. The molecular formula is C43H27N3S. The second-order valence-corrected chi connectivity index (χ2v) is 12.8. The Morgan fingerprint density at radius 2 is 0.681 bits per heavy atom. The molecule has 0 unspecified atom stereocenters. The molecule has 0 saturated heterocycles. The molecule has 0 saturated carbocycles. The van der Waals surface area contributed by atoms with Crippen LogP contribution in [-0.2, 0) is 0 Å². The van der Waals surface area contributed by atoms with E-state index in [0.717, 1.165) is 22.1 Å². The molecule has 2 aromatic heterocycles. The number of hydrogen-bond acceptors (Lipinski definition) is 4. The number of fused-ring (bicyclic) bond motifs is 4. The summed E-state index contributed by atoms with van der Waals surface area (Å²) in [4.78, 5) is 15.1. The molecule has 0 atom stereocenters. The van der Waals surface area contributed by atoms with E-state index >= 15 is 0 Å². The average molecular weight is 618 g/mol. The maximum absolute atomic E-state index is 5.07. The molecule has 9 rings (SSSR count). The van der Waals surface area contributed by atoms with Crippen LogP contribution in [0.25, 0.3) is 87.4 Å². The molecule has 0 aliphatic carbocycles. The molecule has 0 fully saturated rings. The van der Waals surface area contributed by atoms with Gasteiger partial charge in [-0.2, -0.15) is 0 Å². The minimum atomic E-state index is 0.659. The Bertz CT molecular complexity index is 2560. The van der Waals surface area contributed by atoms with Gasteiger partial charge in [-0.25, -0.2) is 15.0 Å². The first-order valence-corrected chi connectivity index (χ1v) is 16.5. The lowest BCUT2D eigenvalue weighted by molar-refractivity contribution is 1.08. The fourth-order valence-corrected chi connectivity index (χ4v) is 7.46. The van der Waals surface area contributed by atoms with Gasteiger partial charge < -0.3 is 0 Å². The Balaban J connectivity index is 1.15. The van der Waals surface area contributed by atoms with Crippen LogP contribution < -0.4 is 0 Å². The van der Waals surface area contributed by atoms with Gasteiger partial charge in [0.15, 0.2) is 17.5 Å². The SMILES string of the molecule is c1ccc(-c2ccc3cc(-c4nc(-c5ccccc5)nc(-c5ccc6c(c5)sc5cc(-c7ccccc7)ccc56)n4)ccc3c2)cc1. The molecule has 0 spiro atoms. The maximum atomic E-state index is 5.07. The van der Waals surface area contributed by atoms with Crippen molar-refractivity contribution in [3.05, 3.63) is 164 Å². The number of thiophene rings is 1. The molecule has 0 aliphatic heterocycles.